The van der Waals surface area contributed by atoms with E-state index in [1.54, 1.807) is 12.1 Å². The summed E-state index contributed by atoms with van der Waals surface area (Å²) in [4.78, 5) is 29.4. The molecule has 0 N–H and O–H groups in total. The van der Waals surface area contributed by atoms with Crippen LogP contribution in [0.3, 0.4) is 0 Å². The number of fused-ring (bicyclic) bond motifs is 1. The lowest BCUT2D eigenvalue weighted by atomic mass is 9.95. The zero-order valence-electron chi connectivity index (χ0n) is 20.7. The molecule has 4 aromatic rings. The van der Waals surface area contributed by atoms with Crippen LogP contribution in [-0.2, 0) is 12.0 Å². The monoisotopic (exact) mass is 582 g/mol. The number of nitro groups is 1. The number of nitrogens with zero attached hydrogens (tertiary/aromatic N) is 4. The molecule has 0 aliphatic rings. The second-order valence-corrected chi connectivity index (χ2v) is 10.9. The molecule has 8 nitrogen and oxygen atoms in total. The molecule has 0 unspecified atom stereocenters. The predicted molar refractivity (Wildman–Crippen MR) is 149 cm³/mol. The van der Waals surface area contributed by atoms with E-state index in [0.717, 1.165) is 15.6 Å². The van der Waals surface area contributed by atoms with E-state index in [9.17, 15) is 14.9 Å². The van der Waals surface area contributed by atoms with Crippen molar-refractivity contribution < 1.29 is 9.66 Å². The Morgan fingerprint density at radius 2 is 1.95 bits per heavy atom. The lowest BCUT2D eigenvalue weighted by Crippen LogP contribution is -2.29. The van der Waals surface area contributed by atoms with Crippen LogP contribution >= 0.6 is 27.5 Å². The minimum Gasteiger partial charge on any atom is -0.481 e. The SMILES string of the molecule is Cc1cccc(COc2c(C=Nn3c(C(C)(C)C)nc4ccc(Br)cc4c3=O)cc(Cl)cc2[N+](=O)[O-])c1. The molecule has 1 heterocycles. The van der Waals surface area contributed by atoms with Gasteiger partial charge in [-0.15, -0.1) is 0 Å². The van der Waals surface area contributed by atoms with Crippen molar-refractivity contribution in [2.75, 3.05) is 0 Å². The van der Waals surface area contributed by atoms with Gasteiger partial charge in [-0.2, -0.15) is 9.78 Å². The molecule has 0 aliphatic carbocycles. The molecule has 0 bridgehead atoms. The van der Waals surface area contributed by atoms with Gasteiger partial charge in [0.15, 0.2) is 0 Å². The van der Waals surface area contributed by atoms with Gasteiger partial charge in [0, 0.05) is 26.5 Å². The minimum absolute atomic E-state index is 0.00139. The molecule has 4 rings (SSSR count). The Balaban J connectivity index is 1.86. The van der Waals surface area contributed by atoms with Gasteiger partial charge < -0.3 is 4.74 Å². The van der Waals surface area contributed by atoms with Crippen molar-refractivity contribution >= 4 is 50.3 Å². The quantitative estimate of drug-likeness (QED) is 0.141. The Morgan fingerprint density at radius 1 is 1.19 bits per heavy atom. The standard InChI is InChI=1S/C27H24BrClN4O4/c1-16-6-5-7-17(10-16)15-37-24-18(11-20(29)13-23(24)33(35)36)14-30-32-25(34)21-12-19(28)8-9-22(21)31-26(32)27(2,3)4/h5-14H,15H2,1-4H3. The van der Waals surface area contributed by atoms with Gasteiger partial charge in [0.1, 0.15) is 12.4 Å². The summed E-state index contributed by atoms with van der Waals surface area (Å²) in [5.74, 6) is 0.434. The first-order valence-electron chi connectivity index (χ1n) is 11.4. The fourth-order valence-corrected chi connectivity index (χ4v) is 4.39. The van der Waals surface area contributed by atoms with Crippen molar-refractivity contribution in [1.29, 1.82) is 0 Å². The molecule has 10 heteroatoms. The van der Waals surface area contributed by atoms with E-state index in [1.807, 2.05) is 58.0 Å². The number of halogens is 2. The third kappa shape index (κ3) is 5.89. The Morgan fingerprint density at radius 3 is 2.62 bits per heavy atom. The summed E-state index contributed by atoms with van der Waals surface area (Å²) in [6.45, 7) is 7.82. The van der Waals surface area contributed by atoms with Gasteiger partial charge >= 0.3 is 5.69 Å². The van der Waals surface area contributed by atoms with Gasteiger partial charge in [-0.3, -0.25) is 14.9 Å². The number of rotatable bonds is 6. The zero-order valence-corrected chi connectivity index (χ0v) is 23.0. The average Bonchev–Trinajstić information content (AvgIpc) is 2.82. The Hall–Kier alpha value is -3.56. The van der Waals surface area contributed by atoms with Crippen LogP contribution in [0.15, 0.2) is 69.0 Å². The molecule has 0 spiro atoms. The fraction of sp³-hybridized carbons (Fsp3) is 0.222. The Bertz CT molecular complexity index is 1610. The molecule has 0 aliphatic heterocycles. The van der Waals surface area contributed by atoms with E-state index in [4.69, 9.17) is 21.3 Å². The highest BCUT2D eigenvalue weighted by molar-refractivity contribution is 9.10. The molecule has 1 aromatic heterocycles. The zero-order chi connectivity index (χ0) is 26.9. The van der Waals surface area contributed by atoms with Crippen LogP contribution in [0.1, 0.15) is 43.3 Å². The number of benzene rings is 3. The summed E-state index contributed by atoms with van der Waals surface area (Å²) in [7, 11) is 0. The predicted octanol–water partition coefficient (Wildman–Crippen LogP) is 6.79. The first kappa shape index (κ1) is 26.5. The topological polar surface area (TPSA) is 99.6 Å². The van der Waals surface area contributed by atoms with E-state index in [2.05, 4.69) is 21.0 Å². The molecule has 0 radical (unpaired) electrons. The Kier molecular flexibility index (Phi) is 7.47. The van der Waals surface area contributed by atoms with E-state index in [-0.39, 0.29) is 34.2 Å². The maximum Gasteiger partial charge on any atom is 0.313 e. The van der Waals surface area contributed by atoms with Crippen LogP contribution in [0.5, 0.6) is 5.75 Å². The summed E-state index contributed by atoms with van der Waals surface area (Å²) < 4.78 is 7.87. The van der Waals surface area contributed by atoms with Crippen LogP contribution in [0.2, 0.25) is 5.02 Å². The lowest BCUT2D eigenvalue weighted by Gasteiger charge is -2.21. The van der Waals surface area contributed by atoms with Crippen molar-refractivity contribution in [3.8, 4) is 5.75 Å². The maximum absolute atomic E-state index is 13.5. The van der Waals surface area contributed by atoms with E-state index in [1.165, 1.54) is 23.0 Å². The molecular formula is C27H24BrClN4O4. The Labute approximate surface area is 226 Å². The van der Waals surface area contributed by atoms with E-state index < -0.39 is 10.3 Å². The molecule has 3 aromatic carbocycles. The van der Waals surface area contributed by atoms with E-state index in [0.29, 0.717) is 16.7 Å². The van der Waals surface area contributed by atoms with Crippen molar-refractivity contribution in [3.05, 3.63) is 107 Å². The van der Waals surface area contributed by atoms with Gasteiger partial charge in [0.25, 0.3) is 5.56 Å². The second-order valence-electron chi connectivity index (χ2n) is 9.59. The highest BCUT2D eigenvalue weighted by atomic mass is 79.9. The van der Waals surface area contributed by atoms with Gasteiger partial charge in [0.2, 0.25) is 5.75 Å². The normalized spacial score (nSPS) is 11.8. The van der Waals surface area contributed by atoms with Crippen molar-refractivity contribution in [2.45, 2.75) is 39.7 Å². The summed E-state index contributed by atoms with van der Waals surface area (Å²) in [5, 5.41) is 16.8. The largest absolute Gasteiger partial charge is 0.481 e. The van der Waals surface area contributed by atoms with Gasteiger partial charge in [-0.1, -0.05) is 78.1 Å². The molecule has 0 fully saturated rings. The van der Waals surface area contributed by atoms with Crippen LogP contribution in [0.4, 0.5) is 5.69 Å². The van der Waals surface area contributed by atoms with Crippen molar-refractivity contribution in [2.24, 2.45) is 5.10 Å². The third-order valence-electron chi connectivity index (χ3n) is 5.52. The summed E-state index contributed by atoms with van der Waals surface area (Å²) in [6.07, 6.45) is 1.34. The summed E-state index contributed by atoms with van der Waals surface area (Å²) >= 11 is 9.60. The van der Waals surface area contributed by atoms with Crippen LogP contribution in [-0.4, -0.2) is 20.8 Å². The lowest BCUT2D eigenvalue weighted by molar-refractivity contribution is -0.385. The number of hydrogen-bond donors (Lipinski definition) is 0. The molecule has 0 amide bonds. The molecule has 0 saturated heterocycles. The first-order valence-corrected chi connectivity index (χ1v) is 12.5. The molecule has 0 atom stereocenters. The number of nitro benzene ring substituents is 1. The van der Waals surface area contributed by atoms with Crippen molar-refractivity contribution in [3.63, 3.8) is 0 Å². The van der Waals surface area contributed by atoms with Gasteiger partial charge in [0.05, 0.1) is 22.0 Å². The van der Waals surface area contributed by atoms with Crippen LogP contribution < -0.4 is 10.3 Å². The average molecular weight is 584 g/mol. The third-order valence-corrected chi connectivity index (χ3v) is 6.23. The van der Waals surface area contributed by atoms with E-state index >= 15 is 0 Å². The summed E-state index contributed by atoms with van der Waals surface area (Å²) in [6, 6.07) is 15.7. The molecule has 37 heavy (non-hydrogen) atoms. The highest BCUT2D eigenvalue weighted by Crippen LogP contribution is 2.34. The molecular weight excluding hydrogens is 560 g/mol. The van der Waals surface area contributed by atoms with Gasteiger partial charge in [-0.05, 0) is 36.8 Å². The van der Waals surface area contributed by atoms with Crippen molar-refractivity contribution in [1.82, 2.24) is 9.66 Å². The molecule has 190 valence electrons. The maximum atomic E-state index is 13.5. The summed E-state index contributed by atoms with van der Waals surface area (Å²) in [5.41, 5.74) is 1.50. The smallest absolute Gasteiger partial charge is 0.313 e. The second kappa shape index (κ2) is 10.4. The fourth-order valence-electron chi connectivity index (χ4n) is 3.81. The number of hydrogen-bond acceptors (Lipinski definition) is 6. The van der Waals surface area contributed by atoms with Crippen LogP contribution in [0.25, 0.3) is 10.9 Å². The molecule has 0 saturated carbocycles. The first-order chi connectivity index (χ1) is 17.4. The van der Waals surface area contributed by atoms with Gasteiger partial charge in [-0.25, -0.2) is 4.98 Å². The minimum atomic E-state index is -0.559. The number of aromatic nitrogens is 2. The number of aryl methyl sites for hydroxylation is 1. The highest BCUT2D eigenvalue weighted by Gasteiger charge is 2.24. The number of ether oxygens (including phenoxy) is 1. The van der Waals surface area contributed by atoms with Crippen LogP contribution in [0, 0.1) is 17.0 Å².